The van der Waals surface area contributed by atoms with Crippen LogP contribution in [-0.2, 0) is 10.1 Å². The Hall–Kier alpha value is -3.66. The number of rotatable bonds is 2. The molecular formula is C22H16N2O6S. The number of carbonyl (C=O) groups is 2. The number of aromatic amines is 1. The zero-order valence-corrected chi connectivity index (χ0v) is 16.8. The van der Waals surface area contributed by atoms with Crippen molar-refractivity contribution in [3.63, 3.8) is 0 Å². The molecule has 0 radical (unpaired) electrons. The highest BCUT2D eigenvalue weighted by atomic mass is 32.2. The molecule has 0 aliphatic heterocycles. The van der Waals surface area contributed by atoms with Gasteiger partial charge in [0.25, 0.3) is 10.1 Å². The minimum Gasteiger partial charge on any atom is -0.357 e. The number of carbonyl (C=O) groups excluding carboxylic acids is 2. The number of ketones is 2. The monoisotopic (exact) mass is 436 g/mol. The molecule has 0 fully saturated rings. The number of H-pyrrole nitrogens is 1. The van der Waals surface area contributed by atoms with Gasteiger partial charge in [0.1, 0.15) is 5.92 Å². The van der Waals surface area contributed by atoms with Crippen LogP contribution in [0.3, 0.4) is 0 Å². The fraction of sp³-hybridized carbons (Fsp3) is 0.0455. The normalized spacial score (nSPS) is 14.1. The van der Waals surface area contributed by atoms with Gasteiger partial charge in [-0.05, 0) is 29.7 Å². The van der Waals surface area contributed by atoms with Crippen molar-refractivity contribution in [1.29, 1.82) is 0 Å². The molecule has 0 atom stereocenters. The molecule has 31 heavy (non-hydrogen) atoms. The number of fused-ring (bicyclic) bond motifs is 4. The van der Waals surface area contributed by atoms with Crippen LogP contribution in [-0.4, -0.2) is 29.5 Å². The van der Waals surface area contributed by atoms with Crippen molar-refractivity contribution in [3.8, 4) is 0 Å². The standard InChI is InChI=1S/C22H13NO6S.H3N/c24-19-10-11(30(27,28)29)9-16-12-5-8-18(23-17(12)7-6-13(16)19)20-21(25)14-3-1-2-4-15(14)22(20)26;/h1-10,20,23H,(H,27,28,29);1H3. The predicted octanol–water partition coefficient (Wildman–Crippen LogP) is 3.25. The Labute approximate surface area is 175 Å². The molecule has 0 amide bonds. The Kier molecular flexibility index (Phi) is 4.62. The molecule has 0 unspecified atom stereocenters. The summed E-state index contributed by atoms with van der Waals surface area (Å²) >= 11 is 0. The SMILES string of the molecule is N.O=C1c2ccccc2C(=O)C1c1ccc2c(ccc3c(=O)cc(S(=O)(=O)O)cc32)[nH]1. The Morgan fingerprint density at radius 3 is 2.00 bits per heavy atom. The van der Waals surface area contributed by atoms with E-state index >= 15 is 0 Å². The van der Waals surface area contributed by atoms with Crippen molar-refractivity contribution >= 4 is 43.4 Å². The van der Waals surface area contributed by atoms with E-state index in [9.17, 15) is 27.4 Å². The molecule has 3 aromatic carbocycles. The third kappa shape index (κ3) is 3.07. The van der Waals surface area contributed by atoms with Crippen LogP contribution < -0.4 is 11.6 Å². The van der Waals surface area contributed by atoms with Gasteiger partial charge in [0.2, 0.25) is 0 Å². The van der Waals surface area contributed by atoms with E-state index in [4.69, 9.17) is 0 Å². The van der Waals surface area contributed by atoms with Gasteiger partial charge < -0.3 is 11.1 Å². The van der Waals surface area contributed by atoms with Crippen molar-refractivity contribution in [2.75, 3.05) is 0 Å². The number of Topliss-reactive ketones (excluding diaryl/α,β-unsaturated/α-hetero) is 2. The average molecular weight is 436 g/mol. The summed E-state index contributed by atoms with van der Waals surface area (Å²) in [5.74, 6) is -1.56. The van der Waals surface area contributed by atoms with Gasteiger partial charge in [-0.15, -0.1) is 0 Å². The Morgan fingerprint density at radius 1 is 0.774 bits per heavy atom. The largest absolute Gasteiger partial charge is 0.357 e. The first-order valence-corrected chi connectivity index (χ1v) is 10.4. The van der Waals surface area contributed by atoms with E-state index < -0.39 is 26.4 Å². The molecule has 1 aromatic heterocycles. The molecule has 8 nitrogen and oxygen atoms in total. The van der Waals surface area contributed by atoms with Crippen LogP contribution in [0.5, 0.6) is 0 Å². The quantitative estimate of drug-likeness (QED) is 0.247. The molecule has 0 saturated heterocycles. The summed E-state index contributed by atoms with van der Waals surface area (Å²) in [7, 11) is -4.55. The first-order valence-electron chi connectivity index (χ1n) is 9.00. The molecule has 0 bridgehead atoms. The molecule has 1 aliphatic rings. The summed E-state index contributed by atoms with van der Waals surface area (Å²) in [6.07, 6.45) is 0. The minimum absolute atomic E-state index is 0. The first-order chi connectivity index (χ1) is 14.3. The van der Waals surface area contributed by atoms with Gasteiger partial charge in [-0.3, -0.25) is 18.9 Å². The van der Waals surface area contributed by atoms with Gasteiger partial charge >= 0.3 is 0 Å². The highest BCUT2D eigenvalue weighted by Gasteiger charge is 2.39. The van der Waals surface area contributed by atoms with E-state index in [-0.39, 0.29) is 23.1 Å². The van der Waals surface area contributed by atoms with Gasteiger partial charge in [-0.25, -0.2) is 0 Å². The number of pyridine rings is 1. The van der Waals surface area contributed by atoms with Crippen LogP contribution in [0.15, 0.2) is 70.4 Å². The number of nitrogens with one attached hydrogen (secondary N) is 1. The summed E-state index contributed by atoms with van der Waals surface area (Å²) in [6.45, 7) is 0. The number of benzene rings is 3. The van der Waals surface area contributed by atoms with Crippen LogP contribution in [0.2, 0.25) is 0 Å². The van der Waals surface area contributed by atoms with Gasteiger partial charge in [0.05, 0.1) is 4.90 Å². The van der Waals surface area contributed by atoms with E-state index in [0.717, 1.165) is 6.07 Å². The number of aromatic nitrogens is 1. The van der Waals surface area contributed by atoms with Crippen LogP contribution in [0.1, 0.15) is 32.3 Å². The second kappa shape index (κ2) is 6.95. The maximum Gasteiger partial charge on any atom is 0.294 e. The number of hydrogen-bond acceptors (Lipinski definition) is 6. The van der Waals surface area contributed by atoms with Crippen molar-refractivity contribution in [1.82, 2.24) is 11.1 Å². The highest BCUT2D eigenvalue weighted by Crippen LogP contribution is 2.34. The number of hydrogen-bond donors (Lipinski definition) is 3. The summed E-state index contributed by atoms with van der Waals surface area (Å²) < 4.78 is 32.3. The fourth-order valence-electron chi connectivity index (χ4n) is 4.00. The van der Waals surface area contributed by atoms with Crippen molar-refractivity contribution in [3.05, 3.63) is 87.7 Å². The predicted molar refractivity (Wildman–Crippen MR) is 115 cm³/mol. The van der Waals surface area contributed by atoms with E-state index in [0.29, 0.717) is 33.1 Å². The minimum atomic E-state index is -4.55. The summed E-state index contributed by atoms with van der Waals surface area (Å²) in [5, 5.41) is 1.15. The van der Waals surface area contributed by atoms with Gasteiger partial charge in [-0.1, -0.05) is 30.3 Å². The summed E-state index contributed by atoms with van der Waals surface area (Å²) in [4.78, 5) is 40.4. The zero-order chi connectivity index (χ0) is 21.2. The lowest BCUT2D eigenvalue weighted by atomic mass is 9.97. The molecule has 4 aromatic rings. The van der Waals surface area contributed by atoms with E-state index in [1.54, 1.807) is 42.5 Å². The molecule has 5 N–H and O–H groups in total. The summed E-state index contributed by atoms with van der Waals surface area (Å²) in [5.41, 5.74) is 1.15. The van der Waals surface area contributed by atoms with Crippen LogP contribution in [0.4, 0.5) is 0 Å². The molecule has 9 heteroatoms. The van der Waals surface area contributed by atoms with Crippen LogP contribution >= 0.6 is 0 Å². The molecule has 156 valence electrons. The lowest BCUT2D eigenvalue weighted by Crippen LogP contribution is -2.14. The van der Waals surface area contributed by atoms with Crippen LogP contribution in [0, 0.1) is 0 Å². The average Bonchev–Trinajstić information content (AvgIpc) is 2.97. The van der Waals surface area contributed by atoms with E-state index in [1.807, 2.05) is 0 Å². The topological polar surface area (TPSA) is 156 Å². The van der Waals surface area contributed by atoms with Crippen molar-refractivity contribution < 1.29 is 22.6 Å². The van der Waals surface area contributed by atoms with Gasteiger partial charge in [-0.2, -0.15) is 8.42 Å². The smallest absolute Gasteiger partial charge is 0.294 e. The van der Waals surface area contributed by atoms with Crippen molar-refractivity contribution in [2.45, 2.75) is 10.8 Å². The second-order valence-electron chi connectivity index (χ2n) is 7.14. The van der Waals surface area contributed by atoms with Gasteiger partial charge in [0.15, 0.2) is 17.0 Å². The Morgan fingerprint density at radius 2 is 1.39 bits per heavy atom. The maximum atomic E-state index is 12.8. The Bertz CT molecular complexity index is 1550. The maximum absolute atomic E-state index is 12.8. The Balaban J connectivity index is 0.00000231. The third-order valence-corrected chi connectivity index (χ3v) is 6.24. The van der Waals surface area contributed by atoms with Gasteiger partial charge in [0, 0.05) is 39.2 Å². The molecule has 0 saturated carbocycles. The lowest BCUT2D eigenvalue weighted by Gasteiger charge is -2.11. The van der Waals surface area contributed by atoms with E-state index in [1.165, 1.54) is 12.1 Å². The molecule has 5 rings (SSSR count). The molecule has 1 heterocycles. The zero-order valence-electron chi connectivity index (χ0n) is 16.0. The highest BCUT2D eigenvalue weighted by molar-refractivity contribution is 7.85. The fourth-order valence-corrected chi connectivity index (χ4v) is 4.52. The molecular weight excluding hydrogens is 420 g/mol. The first kappa shape index (κ1) is 20.6. The second-order valence-corrected chi connectivity index (χ2v) is 8.56. The van der Waals surface area contributed by atoms with E-state index in [2.05, 4.69) is 4.98 Å². The molecule has 1 aliphatic carbocycles. The van der Waals surface area contributed by atoms with Crippen LogP contribution in [0.25, 0.3) is 21.7 Å². The van der Waals surface area contributed by atoms with Crippen molar-refractivity contribution in [2.24, 2.45) is 0 Å². The molecule has 0 spiro atoms. The third-order valence-electron chi connectivity index (χ3n) is 5.41. The summed E-state index contributed by atoms with van der Waals surface area (Å²) in [6, 6.07) is 15.1. The lowest BCUT2D eigenvalue weighted by molar-refractivity contribution is 0.0888.